The molecule has 18 heavy (non-hydrogen) atoms. The van der Waals surface area contributed by atoms with Crippen LogP contribution in [0.1, 0.15) is 25.8 Å². The third kappa shape index (κ3) is 5.11. The summed E-state index contributed by atoms with van der Waals surface area (Å²) in [5.74, 6) is 0.914. The second-order valence-electron chi connectivity index (χ2n) is 4.50. The van der Waals surface area contributed by atoms with Crippen molar-refractivity contribution in [2.75, 3.05) is 13.2 Å². The van der Waals surface area contributed by atoms with Crippen molar-refractivity contribution < 1.29 is 10.1 Å². The molecule has 3 heteroatoms. The molecule has 1 atom stereocenters. The SMILES string of the molecule is C=CCc1cc(Cl)ccc1OCC[NH2+][C@@H](C)CC. The Balaban J connectivity index is 2.48. The molecule has 0 aliphatic heterocycles. The Hall–Kier alpha value is -0.990. The van der Waals surface area contributed by atoms with Crippen LogP contribution < -0.4 is 10.1 Å². The normalized spacial score (nSPS) is 12.2. The molecule has 2 nitrogen and oxygen atoms in total. The highest BCUT2D eigenvalue weighted by atomic mass is 35.5. The van der Waals surface area contributed by atoms with Gasteiger partial charge in [0, 0.05) is 5.02 Å². The minimum Gasteiger partial charge on any atom is -0.487 e. The van der Waals surface area contributed by atoms with Crippen LogP contribution in [-0.2, 0) is 6.42 Å². The minimum atomic E-state index is 0.659. The van der Waals surface area contributed by atoms with E-state index in [4.69, 9.17) is 16.3 Å². The molecule has 2 N–H and O–H groups in total. The number of hydrogen-bond acceptors (Lipinski definition) is 1. The Bertz CT molecular complexity index is 379. The molecule has 1 aromatic rings. The van der Waals surface area contributed by atoms with Gasteiger partial charge in [-0.05, 0) is 43.5 Å². The van der Waals surface area contributed by atoms with E-state index in [0.717, 1.165) is 35.9 Å². The number of quaternary nitrogens is 1. The highest BCUT2D eigenvalue weighted by Gasteiger charge is 2.05. The maximum absolute atomic E-state index is 5.98. The molecule has 0 spiro atoms. The molecule has 0 aromatic heterocycles. The summed E-state index contributed by atoms with van der Waals surface area (Å²) < 4.78 is 5.80. The molecule has 0 fully saturated rings. The van der Waals surface area contributed by atoms with Crippen LogP contribution >= 0.6 is 11.6 Å². The molecule has 0 unspecified atom stereocenters. The average molecular weight is 269 g/mol. The van der Waals surface area contributed by atoms with E-state index in [1.807, 2.05) is 24.3 Å². The highest BCUT2D eigenvalue weighted by Crippen LogP contribution is 2.23. The van der Waals surface area contributed by atoms with Crippen LogP contribution in [0, 0.1) is 0 Å². The number of allylic oxidation sites excluding steroid dienone is 1. The van der Waals surface area contributed by atoms with Crippen LogP contribution in [0.15, 0.2) is 30.9 Å². The quantitative estimate of drug-likeness (QED) is 0.569. The fourth-order valence-electron chi connectivity index (χ4n) is 1.69. The van der Waals surface area contributed by atoms with Crippen molar-refractivity contribution in [1.29, 1.82) is 0 Å². The fourth-order valence-corrected chi connectivity index (χ4v) is 1.89. The van der Waals surface area contributed by atoms with Crippen LogP contribution in [-0.4, -0.2) is 19.2 Å². The smallest absolute Gasteiger partial charge is 0.137 e. The van der Waals surface area contributed by atoms with Gasteiger partial charge in [-0.2, -0.15) is 0 Å². The standard InChI is InChI=1S/C15H22ClNO/c1-4-6-13-11-14(16)7-8-15(13)18-10-9-17-12(3)5-2/h4,7-8,11-12,17H,1,5-6,9-10H2,2-3H3/p+1/t12-/m0/s1. The predicted molar refractivity (Wildman–Crippen MR) is 77.4 cm³/mol. The molecule has 0 amide bonds. The van der Waals surface area contributed by atoms with E-state index in [1.165, 1.54) is 6.42 Å². The molecule has 0 aliphatic carbocycles. The Morgan fingerprint density at radius 3 is 2.94 bits per heavy atom. The number of halogens is 1. The van der Waals surface area contributed by atoms with E-state index in [0.29, 0.717) is 6.04 Å². The van der Waals surface area contributed by atoms with Crippen molar-refractivity contribution in [2.45, 2.75) is 32.7 Å². The Morgan fingerprint density at radius 2 is 2.28 bits per heavy atom. The fraction of sp³-hybridized carbons (Fsp3) is 0.467. The molecule has 0 saturated heterocycles. The predicted octanol–water partition coefficient (Wildman–Crippen LogP) is 2.81. The third-order valence-electron chi connectivity index (χ3n) is 2.98. The van der Waals surface area contributed by atoms with Gasteiger partial charge in [-0.3, -0.25) is 0 Å². The van der Waals surface area contributed by atoms with Gasteiger partial charge in [0.25, 0.3) is 0 Å². The largest absolute Gasteiger partial charge is 0.487 e. The lowest BCUT2D eigenvalue weighted by atomic mass is 10.1. The number of hydrogen-bond donors (Lipinski definition) is 1. The van der Waals surface area contributed by atoms with Crippen LogP contribution in [0.3, 0.4) is 0 Å². The number of ether oxygens (including phenoxy) is 1. The number of benzene rings is 1. The van der Waals surface area contributed by atoms with E-state index in [-0.39, 0.29) is 0 Å². The number of nitrogens with two attached hydrogens (primary N) is 1. The monoisotopic (exact) mass is 268 g/mol. The van der Waals surface area contributed by atoms with Gasteiger partial charge in [-0.25, -0.2) is 0 Å². The summed E-state index contributed by atoms with van der Waals surface area (Å²) in [5, 5.41) is 3.05. The molecule has 1 aromatic carbocycles. The first kappa shape index (κ1) is 15.1. The summed E-state index contributed by atoms with van der Waals surface area (Å²) in [4.78, 5) is 0. The van der Waals surface area contributed by atoms with Gasteiger partial charge in [-0.1, -0.05) is 24.6 Å². The molecule has 0 bridgehead atoms. The molecule has 0 radical (unpaired) electrons. The van der Waals surface area contributed by atoms with Gasteiger partial charge < -0.3 is 10.1 Å². The van der Waals surface area contributed by atoms with Gasteiger partial charge in [0.2, 0.25) is 0 Å². The minimum absolute atomic E-state index is 0.659. The van der Waals surface area contributed by atoms with Crippen molar-refractivity contribution in [3.63, 3.8) is 0 Å². The van der Waals surface area contributed by atoms with Crippen molar-refractivity contribution in [3.05, 3.63) is 41.4 Å². The molecule has 100 valence electrons. The number of rotatable bonds is 8. The lowest BCUT2D eigenvalue weighted by molar-refractivity contribution is -0.686. The zero-order valence-corrected chi connectivity index (χ0v) is 12.0. The zero-order chi connectivity index (χ0) is 13.4. The van der Waals surface area contributed by atoms with Crippen LogP contribution in [0.4, 0.5) is 0 Å². The zero-order valence-electron chi connectivity index (χ0n) is 11.3. The summed E-state index contributed by atoms with van der Waals surface area (Å²) in [6.45, 7) is 9.87. The summed E-state index contributed by atoms with van der Waals surface area (Å²) in [7, 11) is 0. The van der Waals surface area contributed by atoms with Crippen molar-refractivity contribution in [3.8, 4) is 5.75 Å². The van der Waals surface area contributed by atoms with E-state index in [2.05, 4.69) is 25.7 Å². The van der Waals surface area contributed by atoms with E-state index in [9.17, 15) is 0 Å². The van der Waals surface area contributed by atoms with Gasteiger partial charge >= 0.3 is 0 Å². The van der Waals surface area contributed by atoms with Crippen LogP contribution in [0.25, 0.3) is 0 Å². The van der Waals surface area contributed by atoms with Crippen molar-refractivity contribution in [1.82, 2.24) is 0 Å². The van der Waals surface area contributed by atoms with Crippen molar-refractivity contribution in [2.24, 2.45) is 0 Å². The molecular formula is C15H23ClNO+. The van der Waals surface area contributed by atoms with Crippen LogP contribution in [0.2, 0.25) is 5.02 Å². The molecule has 0 aliphatic rings. The molecule has 0 heterocycles. The Morgan fingerprint density at radius 1 is 1.50 bits per heavy atom. The maximum Gasteiger partial charge on any atom is 0.137 e. The van der Waals surface area contributed by atoms with E-state index in [1.54, 1.807) is 0 Å². The summed E-state index contributed by atoms with van der Waals surface area (Å²) in [5.41, 5.74) is 1.10. The van der Waals surface area contributed by atoms with Gasteiger partial charge in [-0.15, -0.1) is 6.58 Å². The van der Waals surface area contributed by atoms with Crippen molar-refractivity contribution >= 4 is 11.6 Å². The first-order chi connectivity index (χ1) is 8.67. The van der Waals surface area contributed by atoms with Crippen LogP contribution in [0.5, 0.6) is 5.75 Å². The lowest BCUT2D eigenvalue weighted by Gasteiger charge is -2.12. The van der Waals surface area contributed by atoms with E-state index >= 15 is 0 Å². The van der Waals surface area contributed by atoms with Gasteiger partial charge in [0.15, 0.2) is 0 Å². The van der Waals surface area contributed by atoms with E-state index < -0.39 is 0 Å². The summed E-state index contributed by atoms with van der Waals surface area (Å²) in [6.07, 6.45) is 3.83. The lowest BCUT2D eigenvalue weighted by Crippen LogP contribution is -2.90. The molecule has 0 saturated carbocycles. The second-order valence-corrected chi connectivity index (χ2v) is 4.94. The highest BCUT2D eigenvalue weighted by molar-refractivity contribution is 6.30. The third-order valence-corrected chi connectivity index (χ3v) is 3.21. The second kappa shape index (κ2) is 8.17. The Labute approximate surface area is 115 Å². The Kier molecular flexibility index (Phi) is 6.84. The maximum atomic E-state index is 5.98. The van der Waals surface area contributed by atoms with Gasteiger partial charge in [0.1, 0.15) is 18.9 Å². The first-order valence-corrected chi connectivity index (χ1v) is 6.90. The summed E-state index contributed by atoms with van der Waals surface area (Å²) in [6, 6.07) is 6.40. The average Bonchev–Trinajstić information content (AvgIpc) is 2.36. The topological polar surface area (TPSA) is 25.8 Å². The van der Waals surface area contributed by atoms with Gasteiger partial charge in [0.05, 0.1) is 6.04 Å². The summed E-state index contributed by atoms with van der Waals surface area (Å²) >= 11 is 5.98. The first-order valence-electron chi connectivity index (χ1n) is 6.52. The molecule has 1 rings (SSSR count). The molecular weight excluding hydrogens is 246 g/mol.